The molecular formula is C17H23NS2. The minimum Gasteiger partial charge on any atom is -0.309 e. The highest BCUT2D eigenvalue weighted by atomic mass is 32.2. The zero-order chi connectivity index (χ0) is 14.2. The molecule has 20 heavy (non-hydrogen) atoms. The minimum atomic E-state index is 0.438. The van der Waals surface area contributed by atoms with Crippen molar-refractivity contribution < 1.29 is 0 Å². The van der Waals surface area contributed by atoms with Gasteiger partial charge in [0.15, 0.2) is 0 Å². The molecule has 0 amide bonds. The molecule has 1 nitrogen and oxygen atoms in total. The molecule has 1 heterocycles. The first-order valence-corrected chi connectivity index (χ1v) is 9.18. The van der Waals surface area contributed by atoms with Crippen LogP contribution in [0.25, 0.3) is 0 Å². The summed E-state index contributed by atoms with van der Waals surface area (Å²) in [5.74, 6) is 1.09. The first-order valence-electron chi connectivity index (χ1n) is 7.32. The largest absolute Gasteiger partial charge is 0.309 e. The molecule has 0 aliphatic rings. The molecule has 3 heteroatoms. The zero-order valence-corrected chi connectivity index (χ0v) is 13.9. The van der Waals surface area contributed by atoms with Crippen molar-refractivity contribution in [3.8, 4) is 0 Å². The van der Waals surface area contributed by atoms with Gasteiger partial charge in [0.25, 0.3) is 0 Å². The minimum absolute atomic E-state index is 0.438. The summed E-state index contributed by atoms with van der Waals surface area (Å²) in [7, 11) is 0. The Balaban J connectivity index is 2.01. The van der Waals surface area contributed by atoms with Crippen molar-refractivity contribution in [2.24, 2.45) is 0 Å². The predicted octanol–water partition coefficient (Wildman–Crippen LogP) is 5.14. The molecule has 0 fully saturated rings. The predicted molar refractivity (Wildman–Crippen MR) is 91.9 cm³/mol. The summed E-state index contributed by atoms with van der Waals surface area (Å²) in [6.07, 6.45) is 2.28. The summed E-state index contributed by atoms with van der Waals surface area (Å²) in [6, 6.07) is 13.8. The maximum atomic E-state index is 3.67. The number of thioether (sulfide) groups is 1. The van der Waals surface area contributed by atoms with E-state index >= 15 is 0 Å². The van der Waals surface area contributed by atoms with E-state index in [1.807, 2.05) is 23.1 Å². The third-order valence-electron chi connectivity index (χ3n) is 3.32. The van der Waals surface area contributed by atoms with Gasteiger partial charge in [0.2, 0.25) is 0 Å². The fourth-order valence-corrected chi connectivity index (χ4v) is 4.00. The Morgan fingerprint density at radius 1 is 1.15 bits per heavy atom. The summed E-state index contributed by atoms with van der Waals surface area (Å²) in [5.41, 5.74) is 2.81. The van der Waals surface area contributed by atoms with Crippen LogP contribution in [-0.2, 0) is 6.42 Å². The summed E-state index contributed by atoms with van der Waals surface area (Å²) in [6.45, 7) is 5.50. The van der Waals surface area contributed by atoms with Crippen molar-refractivity contribution in [2.45, 2.75) is 36.9 Å². The lowest BCUT2D eigenvalue weighted by Gasteiger charge is -2.18. The molecule has 0 saturated heterocycles. The summed E-state index contributed by atoms with van der Waals surface area (Å²) >= 11 is 3.77. The van der Waals surface area contributed by atoms with E-state index in [0.717, 1.165) is 18.7 Å². The van der Waals surface area contributed by atoms with E-state index in [1.165, 1.54) is 21.8 Å². The van der Waals surface area contributed by atoms with Crippen LogP contribution in [0.3, 0.4) is 0 Å². The SMILES string of the molecule is CCCNC(CSc1cccs1)c1ccc(CC)cc1. The molecule has 2 rings (SSSR count). The first kappa shape index (κ1) is 15.6. The number of hydrogen-bond donors (Lipinski definition) is 1. The maximum Gasteiger partial charge on any atom is 0.0599 e. The molecule has 0 bridgehead atoms. The third kappa shape index (κ3) is 4.65. The molecule has 108 valence electrons. The lowest BCUT2D eigenvalue weighted by molar-refractivity contribution is 0.577. The van der Waals surface area contributed by atoms with Crippen molar-refractivity contribution in [3.05, 3.63) is 52.9 Å². The van der Waals surface area contributed by atoms with Crippen LogP contribution in [0.5, 0.6) is 0 Å². The van der Waals surface area contributed by atoms with Crippen molar-refractivity contribution in [2.75, 3.05) is 12.3 Å². The van der Waals surface area contributed by atoms with E-state index < -0.39 is 0 Å². The fraction of sp³-hybridized carbons (Fsp3) is 0.412. The summed E-state index contributed by atoms with van der Waals surface area (Å²) in [4.78, 5) is 0. The molecule has 0 radical (unpaired) electrons. The Labute approximate surface area is 130 Å². The standard InChI is InChI=1S/C17H23NS2/c1-3-11-18-16(13-20-17-6-5-12-19-17)15-9-7-14(4-2)8-10-15/h5-10,12,16,18H,3-4,11,13H2,1-2H3. The van der Waals surface area contributed by atoms with E-state index in [2.05, 4.69) is 60.9 Å². The van der Waals surface area contributed by atoms with E-state index in [-0.39, 0.29) is 0 Å². The Bertz CT molecular complexity index is 476. The van der Waals surface area contributed by atoms with Gasteiger partial charge >= 0.3 is 0 Å². The van der Waals surface area contributed by atoms with Crippen molar-refractivity contribution in [1.29, 1.82) is 0 Å². The van der Waals surface area contributed by atoms with Gasteiger partial charge in [-0.1, -0.05) is 44.2 Å². The zero-order valence-electron chi connectivity index (χ0n) is 12.3. The van der Waals surface area contributed by atoms with E-state index in [1.54, 1.807) is 0 Å². The molecule has 0 saturated carbocycles. The molecule has 1 aromatic heterocycles. The topological polar surface area (TPSA) is 12.0 Å². The monoisotopic (exact) mass is 305 g/mol. The number of thiophene rings is 1. The highest BCUT2D eigenvalue weighted by molar-refractivity contribution is 8.01. The van der Waals surface area contributed by atoms with Gasteiger partial charge in [0.05, 0.1) is 4.21 Å². The number of nitrogens with one attached hydrogen (secondary N) is 1. The molecular weight excluding hydrogens is 282 g/mol. The fourth-order valence-electron chi connectivity index (χ4n) is 2.09. The van der Waals surface area contributed by atoms with Crippen LogP contribution in [0.1, 0.15) is 37.4 Å². The second-order valence-electron chi connectivity index (χ2n) is 4.84. The number of aryl methyl sites for hydroxylation is 1. The normalized spacial score (nSPS) is 12.5. The average Bonchev–Trinajstić information content (AvgIpc) is 3.01. The van der Waals surface area contributed by atoms with Crippen molar-refractivity contribution in [1.82, 2.24) is 5.32 Å². The Hall–Kier alpha value is -0.770. The average molecular weight is 306 g/mol. The highest BCUT2D eigenvalue weighted by Gasteiger charge is 2.11. The van der Waals surface area contributed by atoms with Crippen LogP contribution < -0.4 is 5.32 Å². The van der Waals surface area contributed by atoms with Gasteiger partial charge in [-0.25, -0.2) is 0 Å². The first-order chi connectivity index (χ1) is 9.83. The molecule has 0 aliphatic heterocycles. The molecule has 0 spiro atoms. The second-order valence-corrected chi connectivity index (χ2v) is 7.11. The molecule has 1 aromatic carbocycles. The molecule has 1 atom stereocenters. The number of hydrogen-bond acceptors (Lipinski definition) is 3. The van der Waals surface area contributed by atoms with Crippen LogP contribution >= 0.6 is 23.1 Å². The second kappa shape index (κ2) is 8.50. The number of rotatable bonds is 8. The van der Waals surface area contributed by atoms with Crippen molar-refractivity contribution in [3.63, 3.8) is 0 Å². The Morgan fingerprint density at radius 2 is 1.95 bits per heavy atom. The van der Waals surface area contributed by atoms with Crippen LogP contribution in [0.4, 0.5) is 0 Å². The Morgan fingerprint density at radius 3 is 2.55 bits per heavy atom. The van der Waals surface area contributed by atoms with Crippen LogP contribution in [-0.4, -0.2) is 12.3 Å². The van der Waals surface area contributed by atoms with E-state index in [0.29, 0.717) is 6.04 Å². The van der Waals surface area contributed by atoms with E-state index in [9.17, 15) is 0 Å². The molecule has 1 unspecified atom stereocenters. The van der Waals surface area contributed by atoms with Gasteiger partial charge < -0.3 is 5.32 Å². The Kier molecular flexibility index (Phi) is 6.64. The van der Waals surface area contributed by atoms with Crippen LogP contribution in [0, 0.1) is 0 Å². The molecule has 2 aromatic rings. The van der Waals surface area contributed by atoms with Crippen molar-refractivity contribution >= 4 is 23.1 Å². The van der Waals surface area contributed by atoms with E-state index in [4.69, 9.17) is 0 Å². The third-order valence-corrected chi connectivity index (χ3v) is 5.54. The van der Waals surface area contributed by atoms with Gasteiger partial charge in [0.1, 0.15) is 0 Å². The van der Waals surface area contributed by atoms with Crippen LogP contribution in [0.15, 0.2) is 46.0 Å². The van der Waals surface area contributed by atoms with Gasteiger partial charge in [-0.2, -0.15) is 0 Å². The van der Waals surface area contributed by atoms with Gasteiger partial charge in [0, 0.05) is 11.8 Å². The van der Waals surface area contributed by atoms with Crippen LogP contribution in [0.2, 0.25) is 0 Å². The maximum absolute atomic E-state index is 3.67. The lowest BCUT2D eigenvalue weighted by Crippen LogP contribution is -2.24. The molecule has 0 aliphatic carbocycles. The summed E-state index contributed by atoms with van der Waals surface area (Å²) in [5, 5.41) is 5.82. The van der Waals surface area contributed by atoms with Gasteiger partial charge in [-0.05, 0) is 42.0 Å². The molecule has 1 N–H and O–H groups in total. The lowest BCUT2D eigenvalue weighted by atomic mass is 10.0. The number of benzene rings is 1. The smallest absolute Gasteiger partial charge is 0.0599 e. The van der Waals surface area contributed by atoms with Gasteiger partial charge in [-0.15, -0.1) is 23.1 Å². The van der Waals surface area contributed by atoms with Gasteiger partial charge in [-0.3, -0.25) is 0 Å². The highest BCUT2D eigenvalue weighted by Crippen LogP contribution is 2.28. The summed E-state index contributed by atoms with van der Waals surface area (Å²) < 4.78 is 1.40. The quantitative estimate of drug-likeness (QED) is 0.677.